The van der Waals surface area contributed by atoms with Gasteiger partial charge in [0.15, 0.2) is 0 Å². The molecule has 7 nitrogen and oxygen atoms in total. The Morgan fingerprint density at radius 3 is 1.92 bits per heavy atom. The molecule has 1 heterocycles. The van der Waals surface area contributed by atoms with E-state index in [0.29, 0.717) is 0 Å². The van der Waals surface area contributed by atoms with E-state index in [1.165, 1.54) is 0 Å². The Bertz CT molecular complexity index is 779. The zero-order valence-corrected chi connectivity index (χ0v) is 15.3. The number of nitrogens with zero attached hydrogens (tertiary/aromatic N) is 2. The maximum atomic E-state index is 13.2. The predicted octanol–water partition coefficient (Wildman–Crippen LogP) is 2.95. The molecule has 136 valence electrons. The quantitative estimate of drug-likeness (QED) is 0.755. The van der Waals surface area contributed by atoms with Crippen molar-refractivity contribution in [3.63, 3.8) is 0 Å². The Balaban J connectivity index is 1.76. The molecule has 0 aliphatic carbocycles. The van der Waals surface area contributed by atoms with Crippen molar-refractivity contribution in [2.24, 2.45) is 4.76 Å². The van der Waals surface area contributed by atoms with Gasteiger partial charge >= 0.3 is 7.75 Å². The van der Waals surface area contributed by atoms with Crippen LogP contribution in [0.4, 0.5) is 0 Å². The molecule has 1 aliphatic heterocycles. The Morgan fingerprint density at radius 2 is 1.50 bits per heavy atom. The summed E-state index contributed by atoms with van der Waals surface area (Å²) in [4.78, 5) is 13.1. The first kappa shape index (κ1) is 18.3. The fourth-order valence-corrected chi connectivity index (χ4v) is 3.57. The van der Waals surface area contributed by atoms with E-state index in [1.807, 2.05) is 60.7 Å². The molecule has 0 aromatic heterocycles. The predicted molar refractivity (Wildman–Crippen MR) is 98.3 cm³/mol. The summed E-state index contributed by atoms with van der Waals surface area (Å²) in [6.45, 7) is 0.318. The smallest absolute Gasteiger partial charge is 0.336 e. The van der Waals surface area contributed by atoms with E-state index in [1.54, 1.807) is 11.9 Å². The fourth-order valence-electron chi connectivity index (χ4n) is 2.32. The van der Waals surface area contributed by atoms with Gasteiger partial charge in [-0.05, 0) is 11.1 Å². The van der Waals surface area contributed by atoms with Gasteiger partial charge in [-0.1, -0.05) is 60.7 Å². The third-order valence-electron chi connectivity index (χ3n) is 3.69. The summed E-state index contributed by atoms with van der Waals surface area (Å²) < 4.78 is 28.4. The van der Waals surface area contributed by atoms with Crippen molar-refractivity contribution in [1.82, 2.24) is 10.2 Å². The van der Waals surface area contributed by atoms with Gasteiger partial charge in [-0.2, -0.15) is 0 Å². The average molecular weight is 373 g/mol. The number of nitrogens with one attached hydrogen (secondary N) is 1. The highest BCUT2D eigenvalue weighted by Crippen LogP contribution is 2.51. The molecule has 0 saturated carbocycles. The van der Waals surface area contributed by atoms with E-state index in [4.69, 9.17) is 9.05 Å². The Labute approximate surface area is 152 Å². The molecule has 0 bridgehead atoms. The zero-order chi connectivity index (χ0) is 18.4. The normalized spacial score (nSPS) is 16.1. The maximum Gasteiger partial charge on any atom is 0.457 e. The summed E-state index contributed by atoms with van der Waals surface area (Å²) in [7, 11) is -2.16. The lowest BCUT2D eigenvalue weighted by molar-refractivity contribution is -0.118. The standard InChI is InChI=1S/C18H20N3O4P/c1-21-12-17(22)19-18(21)20-26(23,24-13-15-8-4-2-5-9-15)25-14-16-10-6-3-7-11-16/h2-11H,12-14H2,1H3,(H,19,20,22,23). The topological polar surface area (TPSA) is 80.2 Å². The fraction of sp³-hybridized carbons (Fsp3) is 0.222. The van der Waals surface area contributed by atoms with E-state index >= 15 is 0 Å². The average Bonchev–Trinajstić information content (AvgIpc) is 2.97. The highest BCUT2D eigenvalue weighted by atomic mass is 31.2. The number of guanidine groups is 1. The molecular formula is C18H20N3O4P. The summed E-state index contributed by atoms with van der Waals surface area (Å²) in [6, 6.07) is 18.7. The monoisotopic (exact) mass is 373 g/mol. The minimum atomic E-state index is -3.83. The van der Waals surface area contributed by atoms with Gasteiger partial charge in [0.1, 0.15) is 0 Å². The van der Waals surface area contributed by atoms with E-state index in [2.05, 4.69) is 10.1 Å². The maximum absolute atomic E-state index is 13.2. The van der Waals surface area contributed by atoms with Crippen LogP contribution in [0, 0.1) is 0 Å². The Hall–Kier alpha value is -2.47. The number of benzene rings is 2. The number of rotatable bonds is 7. The van der Waals surface area contributed by atoms with Gasteiger partial charge in [0.2, 0.25) is 11.9 Å². The minimum Gasteiger partial charge on any atom is -0.336 e. The molecule has 1 fully saturated rings. The van der Waals surface area contributed by atoms with Crippen molar-refractivity contribution in [2.75, 3.05) is 13.6 Å². The van der Waals surface area contributed by atoms with Crippen LogP contribution in [0.15, 0.2) is 65.4 Å². The van der Waals surface area contributed by atoms with Crippen LogP contribution >= 0.6 is 7.75 Å². The summed E-state index contributed by atoms with van der Waals surface area (Å²) in [5.74, 6) is -0.0385. The highest BCUT2D eigenvalue weighted by Gasteiger charge is 2.30. The summed E-state index contributed by atoms with van der Waals surface area (Å²) in [6.07, 6.45) is 0. The van der Waals surface area contributed by atoms with Crippen LogP contribution in [0.3, 0.4) is 0 Å². The lowest BCUT2D eigenvalue weighted by Gasteiger charge is -2.17. The first-order chi connectivity index (χ1) is 12.5. The molecule has 3 rings (SSSR count). The summed E-state index contributed by atoms with van der Waals surface area (Å²) in [5.41, 5.74) is 1.69. The van der Waals surface area contributed by atoms with Crippen LogP contribution < -0.4 is 5.32 Å². The number of hydrogen-bond acceptors (Lipinski definition) is 4. The van der Waals surface area contributed by atoms with E-state index in [-0.39, 0.29) is 31.6 Å². The summed E-state index contributed by atoms with van der Waals surface area (Å²) in [5, 5.41) is 2.56. The van der Waals surface area contributed by atoms with Crippen LogP contribution in [0.25, 0.3) is 0 Å². The van der Waals surface area contributed by atoms with Crippen molar-refractivity contribution >= 4 is 19.6 Å². The highest BCUT2D eigenvalue weighted by molar-refractivity contribution is 7.52. The van der Waals surface area contributed by atoms with Crippen molar-refractivity contribution in [2.45, 2.75) is 13.2 Å². The van der Waals surface area contributed by atoms with Gasteiger partial charge < -0.3 is 4.90 Å². The Morgan fingerprint density at radius 1 is 1.00 bits per heavy atom. The van der Waals surface area contributed by atoms with Gasteiger partial charge in [-0.25, -0.2) is 4.57 Å². The van der Waals surface area contributed by atoms with Crippen LogP contribution in [0.5, 0.6) is 0 Å². The molecule has 1 saturated heterocycles. The van der Waals surface area contributed by atoms with Crippen LogP contribution in [0.1, 0.15) is 11.1 Å². The van der Waals surface area contributed by atoms with Crippen molar-refractivity contribution in [3.05, 3.63) is 71.8 Å². The number of carbonyl (C=O) groups excluding carboxylic acids is 1. The molecule has 1 aliphatic rings. The molecule has 0 spiro atoms. The van der Waals surface area contributed by atoms with E-state index in [0.717, 1.165) is 11.1 Å². The SMILES string of the molecule is CN1CC(=O)N/C1=N\P(=O)(OCc1ccccc1)OCc1ccccc1. The summed E-state index contributed by atoms with van der Waals surface area (Å²) >= 11 is 0. The van der Waals surface area contributed by atoms with Crippen LogP contribution in [-0.2, 0) is 31.6 Å². The molecule has 1 N–H and O–H groups in total. The third kappa shape index (κ3) is 5.02. The van der Waals surface area contributed by atoms with Crippen LogP contribution in [-0.4, -0.2) is 30.4 Å². The molecule has 0 unspecified atom stereocenters. The van der Waals surface area contributed by atoms with Crippen molar-refractivity contribution in [1.29, 1.82) is 0 Å². The van der Waals surface area contributed by atoms with Crippen molar-refractivity contribution < 1.29 is 18.4 Å². The molecule has 2 aromatic rings. The van der Waals surface area contributed by atoms with Gasteiger partial charge in [0.25, 0.3) is 0 Å². The lowest BCUT2D eigenvalue weighted by Crippen LogP contribution is -2.27. The second kappa shape index (κ2) is 8.27. The van der Waals surface area contributed by atoms with E-state index in [9.17, 15) is 9.36 Å². The minimum absolute atomic E-state index is 0.0847. The second-order valence-electron chi connectivity index (χ2n) is 5.81. The number of carbonyl (C=O) groups is 1. The molecule has 8 heteroatoms. The zero-order valence-electron chi connectivity index (χ0n) is 14.4. The van der Waals surface area contributed by atoms with Crippen LogP contribution in [0.2, 0.25) is 0 Å². The lowest BCUT2D eigenvalue weighted by atomic mass is 10.2. The van der Waals surface area contributed by atoms with Gasteiger partial charge in [0.05, 0.1) is 19.8 Å². The second-order valence-corrected chi connectivity index (χ2v) is 7.47. The molecule has 0 radical (unpaired) electrons. The molecule has 2 aromatic carbocycles. The number of hydrogen-bond donors (Lipinski definition) is 1. The van der Waals surface area contributed by atoms with E-state index < -0.39 is 7.75 Å². The van der Waals surface area contributed by atoms with Crippen molar-refractivity contribution in [3.8, 4) is 0 Å². The molecule has 0 atom stereocenters. The first-order valence-corrected chi connectivity index (χ1v) is 9.62. The molecule has 26 heavy (non-hydrogen) atoms. The molecular weight excluding hydrogens is 353 g/mol. The van der Waals surface area contributed by atoms with Gasteiger partial charge in [0, 0.05) is 7.05 Å². The largest absolute Gasteiger partial charge is 0.457 e. The number of likely N-dealkylation sites (N-methyl/N-ethyl adjacent to an activating group) is 1. The first-order valence-electron chi connectivity index (χ1n) is 8.12. The molecule has 1 amide bonds. The van der Waals surface area contributed by atoms with Gasteiger partial charge in [-0.3, -0.25) is 19.2 Å². The third-order valence-corrected chi connectivity index (χ3v) is 5.03. The van der Waals surface area contributed by atoms with Gasteiger partial charge in [-0.15, -0.1) is 4.76 Å². The number of amides is 1. The Kier molecular flexibility index (Phi) is 5.83.